The summed E-state index contributed by atoms with van der Waals surface area (Å²) in [7, 11) is 1.45. The summed E-state index contributed by atoms with van der Waals surface area (Å²) in [4.78, 5) is 16.7. The standard InChI is InChI=1S/C13H19ClN2O3S/c1-9(2)10-3-5-16(6-4-10)13(17)12-7-11(8-15-12)20(14,18)19/h7-10,15H,3-6H2,1-2H3. The van der Waals surface area contributed by atoms with Crippen molar-refractivity contribution in [2.75, 3.05) is 13.1 Å². The van der Waals surface area contributed by atoms with E-state index in [9.17, 15) is 13.2 Å². The third-order valence-electron chi connectivity index (χ3n) is 3.94. The van der Waals surface area contributed by atoms with Gasteiger partial charge in [0.25, 0.3) is 15.0 Å². The Morgan fingerprint density at radius 1 is 1.40 bits per heavy atom. The smallest absolute Gasteiger partial charge is 0.270 e. The lowest BCUT2D eigenvalue weighted by atomic mass is 9.86. The minimum atomic E-state index is -3.80. The highest BCUT2D eigenvalue weighted by Gasteiger charge is 2.26. The van der Waals surface area contributed by atoms with Crippen LogP contribution in [0.4, 0.5) is 0 Å². The quantitative estimate of drug-likeness (QED) is 0.870. The van der Waals surface area contributed by atoms with Gasteiger partial charge in [0.15, 0.2) is 0 Å². The van der Waals surface area contributed by atoms with Crippen LogP contribution < -0.4 is 0 Å². The molecule has 1 aliphatic heterocycles. The monoisotopic (exact) mass is 318 g/mol. The van der Waals surface area contributed by atoms with Crippen LogP contribution in [0.15, 0.2) is 17.2 Å². The van der Waals surface area contributed by atoms with Gasteiger partial charge < -0.3 is 9.88 Å². The molecule has 0 unspecified atom stereocenters. The number of piperidine rings is 1. The van der Waals surface area contributed by atoms with E-state index in [1.807, 2.05) is 0 Å². The Labute approximate surface area is 123 Å². The number of aromatic nitrogens is 1. The molecule has 112 valence electrons. The number of amides is 1. The van der Waals surface area contributed by atoms with E-state index in [4.69, 9.17) is 10.7 Å². The summed E-state index contributed by atoms with van der Waals surface area (Å²) in [6.45, 7) is 5.82. The first-order valence-corrected chi connectivity index (χ1v) is 9.02. The predicted molar refractivity (Wildman–Crippen MR) is 77.3 cm³/mol. The molecule has 0 bridgehead atoms. The molecule has 20 heavy (non-hydrogen) atoms. The van der Waals surface area contributed by atoms with Gasteiger partial charge in [-0.3, -0.25) is 4.79 Å². The van der Waals surface area contributed by atoms with Crippen LogP contribution >= 0.6 is 10.7 Å². The van der Waals surface area contributed by atoms with E-state index in [0.29, 0.717) is 24.9 Å². The topological polar surface area (TPSA) is 70.2 Å². The molecule has 1 fully saturated rings. The first-order valence-electron chi connectivity index (χ1n) is 6.71. The normalized spacial score (nSPS) is 17.7. The Morgan fingerprint density at radius 3 is 2.45 bits per heavy atom. The average molecular weight is 319 g/mol. The second kappa shape index (κ2) is 5.77. The van der Waals surface area contributed by atoms with Crippen molar-refractivity contribution >= 4 is 25.6 Å². The number of hydrogen-bond acceptors (Lipinski definition) is 3. The number of nitrogens with one attached hydrogen (secondary N) is 1. The molecular weight excluding hydrogens is 300 g/mol. The molecule has 1 N–H and O–H groups in total. The fraction of sp³-hybridized carbons (Fsp3) is 0.615. The van der Waals surface area contributed by atoms with Crippen LogP contribution in [0.3, 0.4) is 0 Å². The molecule has 5 nitrogen and oxygen atoms in total. The van der Waals surface area contributed by atoms with Crippen LogP contribution in [-0.2, 0) is 9.05 Å². The molecule has 0 atom stereocenters. The van der Waals surface area contributed by atoms with Crippen molar-refractivity contribution in [2.45, 2.75) is 31.6 Å². The largest absolute Gasteiger partial charge is 0.356 e. The van der Waals surface area contributed by atoms with Crippen LogP contribution in [0, 0.1) is 11.8 Å². The van der Waals surface area contributed by atoms with Crippen molar-refractivity contribution in [3.05, 3.63) is 18.0 Å². The van der Waals surface area contributed by atoms with E-state index in [1.165, 1.54) is 12.3 Å². The van der Waals surface area contributed by atoms with Crippen molar-refractivity contribution in [1.82, 2.24) is 9.88 Å². The summed E-state index contributed by atoms with van der Waals surface area (Å²) in [5, 5.41) is 0. The Hall–Kier alpha value is -1.01. The summed E-state index contributed by atoms with van der Waals surface area (Å²) in [6, 6.07) is 1.29. The Balaban J connectivity index is 2.04. The third kappa shape index (κ3) is 3.35. The van der Waals surface area contributed by atoms with Gasteiger partial charge >= 0.3 is 0 Å². The number of hydrogen-bond donors (Lipinski definition) is 1. The lowest BCUT2D eigenvalue weighted by Crippen LogP contribution is -2.39. The fourth-order valence-electron chi connectivity index (χ4n) is 2.58. The highest BCUT2D eigenvalue weighted by atomic mass is 35.7. The maximum absolute atomic E-state index is 12.3. The molecule has 2 rings (SSSR count). The molecular formula is C13H19ClN2O3S. The van der Waals surface area contributed by atoms with Crippen molar-refractivity contribution in [3.8, 4) is 0 Å². The second-order valence-corrected chi connectivity index (χ2v) is 8.13. The molecule has 0 aliphatic carbocycles. The van der Waals surface area contributed by atoms with E-state index in [1.54, 1.807) is 4.90 Å². The van der Waals surface area contributed by atoms with Crippen LogP contribution in [0.1, 0.15) is 37.2 Å². The zero-order valence-electron chi connectivity index (χ0n) is 11.6. The van der Waals surface area contributed by atoms with Gasteiger partial charge in [0.2, 0.25) is 0 Å². The lowest BCUT2D eigenvalue weighted by Gasteiger charge is -2.33. The summed E-state index contributed by atoms with van der Waals surface area (Å²) >= 11 is 0. The molecule has 0 aromatic carbocycles. The molecule has 1 aromatic rings. The van der Waals surface area contributed by atoms with Crippen LogP contribution in [0.5, 0.6) is 0 Å². The minimum Gasteiger partial charge on any atom is -0.356 e. The van der Waals surface area contributed by atoms with Crippen LogP contribution in [0.25, 0.3) is 0 Å². The van der Waals surface area contributed by atoms with E-state index in [2.05, 4.69) is 18.8 Å². The number of aromatic amines is 1. The number of H-pyrrole nitrogens is 1. The van der Waals surface area contributed by atoms with Gasteiger partial charge in [-0.15, -0.1) is 0 Å². The first-order chi connectivity index (χ1) is 9.29. The van der Waals surface area contributed by atoms with E-state index >= 15 is 0 Å². The zero-order valence-corrected chi connectivity index (χ0v) is 13.2. The summed E-state index contributed by atoms with van der Waals surface area (Å²) in [6.07, 6.45) is 3.23. The number of carbonyl (C=O) groups is 1. The maximum atomic E-state index is 12.3. The van der Waals surface area contributed by atoms with Crippen LogP contribution in [-0.4, -0.2) is 37.3 Å². The van der Waals surface area contributed by atoms with Gasteiger partial charge in [-0.1, -0.05) is 13.8 Å². The number of halogens is 1. The second-order valence-electron chi connectivity index (χ2n) is 5.56. The van der Waals surface area contributed by atoms with E-state index in [-0.39, 0.29) is 16.5 Å². The van der Waals surface area contributed by atoms with Crippen LogP contribution in [0.2, 0.25) is 0 Å². The SMILES string of the molecule is CC(C)C1CCN(C(=O)c2cc(S(=O)(=O)Cl)c[nH]2)CC1. The number of rotatable bonds is 3. The highest BCUT2D eigenvalue weighted by Crippen LogP contribution is 2.25. The zero-order chi connectivity index (χ0) is 14.9. The van der Waals surface area contributed by atoms with Gasteiger partial charge in [0.1, 0.15) is 10.6 Å². The van der Waals surface area contributed by atoms with Crippen molar-refractivity contribution in [1.29, 1.82) is 0 Å². The lowest BCUT2D eigenvalue weighted by molar-refractivity contribution is 0.0662. The fourth-order valence-corrected chi connectivity index (χ4v) is 3.30. The third-order valence-corrected chi connectivity index (χ3v) is 5.27. The minimum absolute atomic E-state index is 0.0698. The molecule has 0 radical (unpaired) electrons. The number of carbonyl (C=O) groups excluding carboxylic acids is 1. The number of likely N-dealkylation sites (tertiary alicyclic amines) is 1. The Kier molecular flexibility index (Phi) is 4.44. The predicted octanol–water partition coefficient (Wildman–Crippen LogP) is 2.45. The molecule has 0 spiro atoms. The van der Waals surface area contributed by atoms with E-state index in [0.717, 1.165) is 12.8 Å². The first kappa shape index (κ1) is 15.4. The Bertz CT molecular complexity index is 587. The average Bonchev–Trinajstić information content (AvgIpc) is 2.87. The summed E-state index contributed by atoms with van der Waals surface area (Å²) < 4.78 is 22.4. The van der Waals surface area contributed by atoms with Gasteiger partial charge in [-0.25, -0.2) is 8.42 Å². The highest BCUT2D eigenvalue weighted by molar-refractivity contribution is 8.13. The maximum Gasteiger partial charge on any atom is 0.270 e. The molecule has 1 saturated heterocycles. The molecule has 1 amide bonds. The molecule has 1 aromatic heterocycles. The van der Waals surface area contributed by atoms with Gasteiger partial charge in [0, 0.05) is 30.0 Å². The molecule has 0 saturated carbocycles. The molecule has 7 heteroatoms. The summed E-state index contributed by atoms with van der Waals surface area (Å²) in [5.74, 6) is 1.12. The van der Waals surface area contributed by atoms with Gasteiger partial charge in [-0.05, 0) is 30.7 Å². The number of nitrogens with zero attached hydrogens (tertiary/aromatic N) is 1. The van der Waals surface area contributed by atoms with Gasteiger partial charge in [0.05, 0.1) is 0 Å². The van der Waals surface area contributed by atoms with Crippen molar-refractivity contribution in [2.24, 2.45) is 11.8 Å². The molecule has 1 aliphatic rings. The van der Waals surface area contributed by atoms with Gasteiger partial charge in [-0.2, -0.15) is 0 Å². The van der Waals surface area contributed by atoms with Crippen molar-refractivity contribution in [3.63, 3.8) is 0 Å². The molecule has 2 heterocycles. The van der Waals surface area contributed by atoms with E-state index < -0.39 is 9.05 Å². The summed E-state index contributed by atoms with van der Waals surface area (Å²) in [5.41, 5.74) is 0.271. The van der Waals surface area contributed by atoms with Crippen molar-refractivity contribution < 1.29 is 13.2 Å². The Morgan fingerprint density at radius 2 is 2.00 bits per heavy atom.